The molecule has 0 unspecified atom stereocenters. The molecule has 1 N–H and O–H groups in total. The number of nitrogens with zero attached hydrogens (tertiary/aromatic N) is 1. The van der Waals surface area contributed by atoms with Crippen molar-refractivity contribution in [3.8, 4) is 0 Å². The van der Waals surface area contributed by atoms with Gasteiger partial charge in [-0.05, 0) is 31.5 Å². The summed E-state index contributed by atoms with van der Waals surface area (Å²) in [5, 5.41) is 8.99. The first-order chi connectivity index (χ1) is 14.2. The fourth-order valence-electron chi connectivity index (χ4n) is 2.84. The number of hydrogen-bond donors (Lipinski definition) is 1. The molecule has 170 valence electrons. The Kier molecular flexibility index (Phi) is 7.70. The first kappa shape index (κ1) is 25.1. The number of aliphatic hydroxyl groups is 1. The number of carbonyl (C=O) groups is 1. The van der Waals surface area contributed by atoms with Crippen LogP contribution in [0.15, 0.2) is 59.5 Å². The maximum atomic E-state index is 13.9. The topological polar surface area (TPSA) is 40.5 Å². The van der Waals surface area contributed by atoms with Crippen LogP contribution in [-0.2, 0) is 11.3 Å². The Labute approximate surface area is 180 Å². The summed E-state index contributed by atoms with van der Waals surface area (Å²) in [6.07, 6.45) is -10.7. The van der Waals surface area contributed by atoms with E-state index in [1.165, 1.54) is 24.3 Å². The van der Waals surface area contributed by atoms with Gasteiger partial charge < -0.3 is 10.0 Å². The van der Waals surface area contributed by atoms with Crippen LogP contribution in [0.4, 0.5) is 26.3 Å². The van der Waals surface area contributed by atoms with Crippen LogP contribution in [0.2, 0.25) is 0 Å². The minimum absolute atomic E-state index is 0.00494. The smallest absolute Gasteiger partial charge is 0.378 e. The van der Waals surface area contributed by atoms with Gasteiger partial charge in [-0.2, -0.15) is 26.3 Å². The van der Waals surface area contributed by atoms with E-state index < -0.39 is 42.2 Å². The zero-order valence-electron chi connectivity index (χ0n) is 16.7. The molecular formula is C21H21F6NO2S. The fourth-order valence-corrected chi connectivity index (χ4v) is 3.95. The van der Waals surface area contributed by atoms with Crippen LogP contribution in [0, 0.1) is 6.92 Å². The van der Waals surface area contributed by atoms with E-state index in [0.29, 0.717) is 16.7 Å². The van der Waals surface area contributed by atoms with Crippen LogP contribution in [0.5, 0.6) is 0 Å². The van der Waals surface area contributed by atoms with Crippen molar-refractivity contribution < 1.29 is 36.2 Å². The monoisotopic (exact) mass is 465 g/mol. The Morgan fingerprint density at radius 2 is 1.55 bits per heavy atom. The van der Waals surface area contributed by atoms with Crippen molar-refractivity contribution in [2.45, 2.75) is 48.5 Å². The molecule has 0 bridgehead atoms. The standard InChI is InChI=1S/C21H21F6NO2S/c1-14-8-10-17(11-9-14)31-15(2)19(30,21(25,26)27)13-28(18(29)20(22,23)24)12-16-6-4-3-5-7-16/h3-11,15,30H,12-13H2,1-2H3/t15-,19+/m0/s1. The molecule has 2 atom stereocenters. The van der Waals surface area contributed by atoms with Crippen molar-refractivity contribution in [3.05, 3.63) is 65.7 Å². The summed E-state index contributed by atoms with van der Waals surface area (Å²) in [6, 6.07) is 13.7. The summed E-state index contributed by atoms with van der Waals surface area (Å²) in [5.41, 5.74) is -2.52. The molecular weight excluding hydrogens is 444 g/mol. The predicted molar refractivity (Wildman–Crippen MR) is 105 cm³/mol. The molecule has 2 aromatic rings. The van der Waals surface area contributed by atoms with Crippen LogP contribution in [-0.4, -0.2) is 45.7 Å². The van der Waals surface area contributed by atoms with E-state index >= 15 is 0 Å². The van der Waals surface area contributed by atoms with Crippen LogP contribution in [0.25, 0.3) is 0 Å². The van der Waals surface area contributed by atoms with Gasteiger partial charge in [-0.25, -0.2) is 0 Å². The molecule has 0 aliphatic rings. The molecule has 2 aromatic carbocycles. The lowest BCUT2D eigenvalue weighted by Gasteiger charge is -2.39. The predicted octanol–water partition coefficient (Wildman–Crippen LogP) is 5.36. The van der Waals surface area contributed by atoms with Crippen LogP contribution in [0.3, 0.4) is 0 Å². The first-order valence-corrected chi connectivity index (χ1v) is 10.0. The van der Waals surface area contributed by atoms with Crippen LogP contribution < -0.4 is 0 Å². The molecule has 31 heavy (non-hydrogen) atoms. The number of aryl methyl sites for hydroxylation is 1. The highest BCUT2D eigenvalue weighted by atomic mass is 32.2. The van der Waals surface area contributed by atoms with Crippen molar-refractivity contribution in [3.63, 3.8) is 0 Å². The maximum absolute atomic E-state index is 13.9. The normalized spacial score (nSPS) is 15.3. The second-order valence-electron chi connectivity index (χ2n) is 7.14. The van der Waals surface area contributed by atoms with Crippen LogP contribution >= 0.6 is 11.8 Å². The van der Waals surface area contributed by atoms with Gasteiger partial charge in [0.25, 0.3) is 0 Å². The molecule has 0 aromatic heterocycles. The van der Waals surface area contributed by atoms with Gasteiger partial charge in [-0.3, -0.25) is 4.79 Å². The number of amides is 1. The summed E-state index contributed by atoms with van der Waals surface area (Å²) in [5.74, 6) is -2.45. The van der Waals surface area contributed by atoms with E-state index in [1.807, 2.05) is 0 Å². The average molecular weight is 465 g/mol. The lowest BCUT2D eigenvalue weighted by atomic mass is 9.98. The molecule has 0 aliphatic carbocycles. The molecule has 0 spiro atoms. The highest BCUT2D eigenvalue weighted by molar-refractivity contribution is 8.00. The Morgan fingerprint density at radius 3 is 2.03 bits per heavy atom. The lowest BCUT2D eigenvalue weighted by molar-refractivity contribution is -0.265. The molecule has 10 heteroatoms. The summed E-state index contributed by atoms with van der Waals surface area (Å²) in [4.78, 5) is 12.3. The summed E-state index contributed by atoms with van der Waals surface area (Å²) >= 11 is 0.664. The summed E-state index contributed by atoms with van der Waals surface area (Å²) < 4.78 is 81.0. The Morgan fingerprint density at radius 1 is 1.00 bits per heavy atom. The highest BCUT2D eigenvalue weighted by Gasteiger charge is 2.59. The molecule has 0 saturated carbocycles. The SMILES string of the molecule is Cc1ccc(S[C@@H](C)[C@](O)(CN(Cc2ccccc2)C(=O)C(F)(F)F)C(F)(F)F)cc1. The van der Waals surface area contributed by atoms with Gasteiger partial charge in [0.05, 0.1) is 6.54 Å². The van der Waals surface area contributed by atoms with Crippen molar-refractivity contribution >= 4 is 17.7 Å². The van der Waals surface area contributed by atoms with Gasteiger partial charge in [0.1, 0.15) is 0 Å². The van der Waals surface area contributed by atoms with E-state index in [1.54, 1.807) is 37.3 Å². The number of hydrogen-bond acceptors (Lipinski definition) is 3. The third-order valence-electron chi connectivity index (χ3n) is 4.68. The minimum Gasteiger partial charge on any atom is -0.378 e. The quantitative estimate of drug-likeness (QED) is 0.442. The Hall–Kier alpha value is -2.20. The lowest BCUT2D eigenvalue weighted by Crippen LogP contribution is -2.61. The van der Waals surface area contributed by atoms with Crippen LogP contribution in [0.1, 0.15) is 18.1 Å². The number of halogens is 6. The molecule has 0 aliphatic heterocycles. The maximum Gasteiger partial charge on any atom is 0.471 e. The van der Waals surface area contributed by atoms with Crippen molar-refractivity contribution in [2.75, 3.05) is 6.54 Å². The summed E-state index contributed by atoms with van der Waals surface area (Å²) in [6.45, 7) is 0.550. The van der Waals surface area contributed by atoms with Crippen molar-refractivity contribution in [1.29, 1.82) is 0 Å². The van der Waals surface area contributed by atoms with Gasteiger partial charge in [-0.15, -0.1) is 11.8 Å². The van der Waals surface area contributed by atoms with Gasteiger partial charge in [0.15, 0.2) is 5.60 Å². The largest absolute Gasteiger partial charge is 0.471 e. The number of alkyl halides is 6. The van der Waals surface area contributed by atoms with E-state index in [9.17, 15) is 36.2 Å². The number of benzene rings is 2. The second-order valence-corrected chi connectivity index (χ2v) is 8.55. The van der Waals surface area contributed by atoms with Crippen molar-refractivity contribution in [2.24, 2.45) is 0 Å². The van der Waals surface area contributed by atoms with E-state index in [4.69, 9.17) is 0 Å². The molecule has 3 nitrogen and oxygen atoms in total. The second kappa shape index (κ2) is 9.52. The third-order valence-corrected chi connectivity index (χ3v) is 5.96. The number of rotatable bonds is 7. The van der Waals surface area contributed by atoms with Gasteiger partial charge in [-0.1, -0.05) is 48.0 Å². The fraction of sp³-hybridized carbons (Fsp3) is 0.381. The van der Waals surface area contributed by atoms with E-state index in [-0.39, 0.29) is 10.5 Å². The Balaban J connectivity index is 2.38. The average Bonchev–Trinajstić information content (AvgIpc) is 2.67. The van der Waals surface area contributed by atoms with Crippen molar-refractivity contribution in [1.82, 2.24) is 4.90 Å². The molecule has 0 saturated heterocycles. The molecule has 2 rings (SSSR count). The molecule has 0 radical (unpaired) electrons. The number of carbonyl (C=O) groups excluding carboxylic acids is 1. The van der Waals surface area contributed by atoms with Gasteiger partial charge in [0.2, 0.25) is 0 Å². The minimum atomic E-state index is -5.39. The van der Waals surface area contributed by atoms with Gasteiger partial charge >= 0.3 is 18.3 Å². The summed E-state index contributed by atoms with van der Waals surface area (Å²) in [7, 11) is 0. The first-order valence-electron chi connectivity index (χ1n) is 9.16. The van der Waals surface area contributed by atoms with Gasteiger partial charge in [0, 0.05) is 16.7 Å². The number of thioether (sulfide) groups is 1. The van der Waals surface area contributed by atoms with E-state index in [2.05, 4.69) is 0 Å². The Bertz CT molecular complexity index is 870. The molecule has 1 amide bonds. The third kappa shape index (κ3) is 6.39. The molecule has 0 fully saturated rings. The van der Waals surface area contributed by atoms with E-state index in [0.717, 1.165) is 12.5 Å². The highest BCUT2D eigenvalue weighted by Crippen LogP contribution is 2.42. The zero-order chi connectivity index (χ0) is 23.4. The molecule has 0 heterocycles. The zero-order valence-corrected chi connectivity index (χ0v) is 17.5.